The van der Waals surface area contributed by atoms with Crippen molar-refractivity contribution in [3.05, 3.63) is 72.3 Å². The molecule has 0 aliphatic heterocycles. The molecule has 0 spiro atoms. The van der Waals surface area contributed by atoms with Crippen molar-refractivity contribution in [3.63, 3.8) is 0 Å². The highest BCUT2D eigenvalue weighted by atomic mass is 35.5. The van der Waals surface area contributed by atoms with Gasteiger partial charge in [-0.2, -0.15) is 0 Å². The molecule has 0 aliphatic carbocycles. The molecule has 4 aromatic rings. The lowest BCUT2D eigenvalue weighted by molar-refractivity contribution is 0.155. The van der Waals surface area contributed by atoms with E-state index in [-0.39, 0.29) is 6.10 Å². The van der Waals surface area contributed by atoms with Gasteiger partial charge in [-0.15, -0.1) is 0 Å². The third-order valence-electron chi connectivity index (χ3n) is 4.54. The van der Waals surface area contributed by atoms with E-state index in [4.69, 9.17) is 16.3 Å². The van der Waals surface area contributed by atoms with Gasteiger partial charge in [-0.1, -0.05) is 41.9 Å². The summed E-state index contributed by atoms with van der Waals surface area (Å²) in [5.41, 5.74) is 3.73. The van der Waals surface area contributed by atoms with Gasteiger partial charge in [0, 0.05) is 23.9 Å². The average molecular weight is 394 g/mol. The zero-order valence-electron chi connectivity index (χ0n) is 15.4. The molecule has 28 heavy (non-hydrogen) atoms. The van der Waals surface area contributed by atoms with Crippen LogP contribution in [0.5, 0.6) is 5.75 Å². The lowest BCUT2D eigenvalue weighted by Crippen LogP contribution is -2.07. The molecule has 0 fully saturated rings. The number of aliphatic hydroxyl groups is 1. The fourth-order valence-electron chi connectivity index (χ4n) is 3.11. The van der Waals surface area contributed by atoms with Crippen molar-refractivity contribution in [3.8, 4) is 22.6 Å². The van der Waals surface area contributed by atoms with E-state index in [1.54, 1.807) is 6.92 Å². The quantitative estimate of drug-likeness (QED) is 0.474. The lowest BCUT2D eigenvalue weighted by atomic mass is 10.1. The van der Waals surface area contributed by atoms with Crippen LogP contribution in [0.25, 0.3) is 27.8 Å². The molecule has 0 amide bonds. The van der Waals surface area contributed by atoms with E-state index in [0.29, 0.717) is 18.2 Å². The van der Waals surface area contributed by atoms with Gasteiger partial charge < -0.3 is 14.4 Å². The maximum Gasteiger partial charge on any atom is 0.150 e. The van der Waals surface area contributed by atoms with Gasteiger partial charge in [0.25, 0.3) is 0 Å². The Morgan fingerprint density at radius 3 is 2.54 bits per heavy atom. The zero-order valence-corrected chi connectivity index (χ0v) is 16.2. The summed E-state index contributed by atoms with van der Waals surface area (Å²) in [5, 5.41) is 10.6. The second-order valence-corrected chi connectivity index (χ2v) is 6.98. The predicted molar refractivity (Wildman–Crippen MR) is 111 cm³/mol. The molecule has 5 nitrogen and oxygen atoms in total. The number of hydrogen-bond acceptors (Lipinski definition) is 4. The largest absolute Gasteiger partial charge is 0.493 e. The van der Waals surface area contributed by atoms with Gasteiger partial charge in [0.15, 0.2) is 0 Å². The highest BCUT2D eigenvalue weighted by Crippen LogP contribution is 2.35. The summed E-state index contributed by atoms with van der Waals surface area (Å²) < 4.78 is 7.70. The number of fused-ring (bicyclic) bond motifs is 1. The standard InChI is InChI=1S/C22H20ClN3O2/c1-15(27)11-12-28-18-9-7-16(8-10-18)19-13-26(17-5-3-2-4-6-17)22-20(19)21(23)24-14-25-22/h2-10,13-15,27H,11-12H2,1H3/t15-/m0/s1. The van der Waals surface area contributed by atoms with Crippen molar-refractivity contribution in [2.24, 2.45) is 0 Å². The van der Waals surface area contributed by atoms with Crippen LogP contribution in [0.2, 0.25) is 5.15 Å². The zero-order chi connectivity index (χ0) is 19.5. The molecule has 2 heterocycles. The van der Waals surface area contributed by atoms with Crippen LogP contribution in [-0.4, -0.2) is 32.4 Å². The molecule has 0 bridgehead atoms. The van der Waals surface area contributed by atoms with E-state index in [1.165, 1.54) is 6.33 Å². The topological polar surface area (TPSA) is 60.2 Å². The summed E-state index contributed by atoms with van der Waals surface area (Å²) in [5.74, 6) is 0.763. The molecule has 1 atom stereocenters. The minimum absolute atomic E-state index is 0.370. The minimum atomic E-state index is -0.370. The van der Waals surface area contributed by atoms with Crippen LogP contribution in [0.15, 0.2) is 67.1 Å². The molecule has 142 valence electrons. The highest BCUT2D eigenvalue weighted by Gasteiger charge is 2.16. The van der Waals surface area contributed by atoms with Crippen molar-refractivity contribution in [2.75, 3.05) is 6.61 Å². The molecule has 0 saturated heterocycles. The van der Waals surface area contributed by atoms with Crippen LogP contribution in [0, 0.1) is 0 Å². The Labute approximate surface area is 168 Å². The summed E-state index contributed by atoms with van der Waals surface area (Å²) in [4.78, 5) is 8.63. The Bertz CT molecular complexity index is 1080. The van der Waals surface area contributed by atoms with Gasteiger partial charge in [-0.25, -0.2) is 9.97 Å². The molecule has 6 heteroatoms. The first kappa shape index (κ1) is 18.5. The first-order valence-corrected chi connectivity index (χ1v) is 9.49. The molecule has 0 unspecified atom stereocenters. The Hall–Kier alpha value is -2.89. The van der Waals surface area contributed by atoms with Crippen molar-refractivity contribution in [1.82, 2.24) is 14.5 Å². The molecule has 0 aliphatic rings. The number of ether oxygens (including phenoxy) is 1. The van der Waals surface area contributed by atoms with Crippen LogP contribution < -0.4 is 4.74 Å². The molecule has 0 radical (unpaired) electrons. The number of aliphatic hydroxyl groups excluding tert-OH is 1. The fourth-order valence-corrected chi connectivity index (χ4v) is 3.34. The van der Waals surface area contributed by atoms with E-state index in [0.717, 1.165) is 33.6 Å². The van der Waals surface area contributed by atoms with E-state index in [2.05, 4.69) is 9.97 Å². The van der Waals surface area contributed by atoms with Gasteiger partial charge in [0.2, 0.25) is 0 Å². The number of halogens is 1. The molecule has 1 N–H and O–H groups in total. The van der Waals surface area contributed by atoms with Crippen LogP contribution in [0.4, 0.5) is 0 Å². The molecule has 2 aromatic carbocycles. The Morgan fingerprint density at radius 2 is 1.82 bits per heavy atom. The first-order valence-electron chi connectivity index (χ1n) is 9.12. The highest BCUT2D eigenvalue weighted by molar-refractivity contribution is 6.35. The Kier molecular flexibility index (Phi) is 5.28. The first-order chi connectivity index (χ1) is 13.6. The smallest absolute Gasteiger partial charge is 0.150 e. The number of para-hydroxylation sites is 1. The van der Waals surface area contributed by atoms with Crippen molar-refractivity contribution < 1.29 is 9.84 Å². The second kappa shape index (κ2) is 8.00. The maximum absolute atomic E-state index is 9.34. The number of rotatable bonds is 6. The number of hydrogen-bond donors (Lipinski definition) is 1. The van der Waals surface area contributed by atoms with Gasteiger partial charge in [0.05, 0.1) is 18.1 Å². The van der Waals surface area contributed by atoms with Crippen LogP contribution in [0.1, 0.15) is 13.3 Å². The fraction of sp³-hybridized carbons (Fsp3) is 0.182. The van der Waals surface area contributed by atoms with E-state index >= 15 is 0 Å². The van der Waals surface area contributed by atoms with Crippen molar-refractivity contribution in [2.45, 2.75) is 19.4 Å². The monoisotopic (exact) mass is 393 g/mol. The van der Waals surface area contributed by atoms with Gasteiger partial charge in [-0.05, 0) is 36.8 Å². The second-order valence-electron chi connectivity index (χ2n) is 6.62. The van der Waals surface area contributed by atoms with Crippen LogP contribution in [0.3, 0.4) is 0 Å². The number of aromatic nitrogens is 3. The summed E-state index contributed by atoms with van der Waals surface area (Å²) in [6, 6.07) is 17.8. The number of benzene rings is 2. The van der Waals surface area contributed by atoms with Crippen LogP contribution >= 0.6 is 11.6 Å². The lowest BCUT2D eigenvalue weighted by Gasteiger charge is -2.08. The summed E-state index contributed by atoms with van der Waals surface area (Å²) in [6.45, 7) is 2.23. The van der Waals surface area contributed by atoms with Gasteiger partial charge >= 0.3 is 0 Å². The average Bonchev–Trinajstić information content (AvgIpc) is 3.10. The van der Waals surface area contributed by atoms with Crippen molar-refractivity contribution >= 4 is 22.6 Å². The summed E-state index contributed by atoms with van der Waals surface area (Å²) in [7, 11) is 0. The van der Waals surface area contributed by atoms with E-state index < -0.39 is 0 Å². The Morgan fingerprint density at radius 1 is 1.07 bits per heavy atom. The van der Waals surface area contributed by atoms with Gasteiger partial charge in [0.1, 0.15) is 22.9 Å². The van der Waals surface area contributed by atoms with E-state index in [1.807, 2.05) is 65.4 Å². The van der Waals surface area contributed by atoms with Crippen molar-refractivity contribution in [1.29, 1.82) is 0 Å². The third kappa shape index (κ3) is 3.72. The number of nitrogens with zero attached hydrogens (tertiary/aromatic N) is 3. The normalized spacial score (nSPS) is 12.2. The molecule has 2 aromatic heterocycles. The maximum atomic E-state index is 9.34. The SMILES string of the molecule is C[C@H](O)CCOc1ccc(-c2cn(-c3ccccc3)c3ncnc(Cl)c23)cc1. The molecule has 0 saturated carbocycles. The molecule has 4 rings (SSSR count). The Balaban J connectivity index is 1.73. The minimum Gasteiger partial charge on any atom is -0.493 e. The van der Waals surface area contributed by atoms with E-state index in [9.17, 15) is 5.11 Å². The van der Waals surface area contributed by atoms with Gasteiger partial charge in [-0.3, -0.25) is 0 Å². The predicted octanol–water partition coefficient (Wildman–Crippen LogP) is 4.89. The van der Waals surface area contributed by atoms with Crippen LogP contribution in [-0.2, 0) is 0 Å². The molecular formula is C22H20ClN3O2. The summed E-state index contributed by atoms with van der Waals surface area (Å²) >= 11 is 6.43. The third-order valence-corrected chi connectivity index (χ3v) is 4.83. The summed E-state index contributed by atoms with van der Waals surface area (Å²) in [6.07, 6.45) is 3.74. The molecular weight excluding hydrogens is 374 g/mol.